The van der Waals surface area contributed by atoms with E-state index in [2.05, 4.69) is 10.6 Å². The first-order chi connectivity index (χ1) is 17.4. The Hall–Kier alpha value is -3.92. The van der Waals surface area contributed by atoms with Crippen molar-refractivity contribution in [2.45, 2.75) is 58.3 Å². The number of ether oxygens (including phenoxy) is 1. The maximum Gasteiger partial charge on any atom is 0.408 e. The van der Waals surface area contributed by atoms with Crippen molar-refractivity contribution < 1.29 is 29.0 Å². The van der Waals surface area contributed by atoms with E-state index in [0.717, 1.165) is 16.0 Å². The predicted molar refractivity (Wildman–Crippen MR) is 138 cm³/mol. The zero-order valence-electron chi connectivity index (χ0n) is 21.7. The Morgan fingerprint density at radius 3 is 2.22 bits per heavy atom. The third kappa shape index (κ3) is 9.23. The number of rotatable bonds is 11. The number of carbonyl (C=O) groups is 4. The first kappa shape index (κ1) is 29.3. The molecule has 0 aliphatic heterocycles. The fourth-order valence-corrected chi connectivity index (χ4v) is 3.75. The van der Waals surface area contributed by atoms with Gasteiger partial charge in [0.15, 0.2) is 0 Å². The van der Waals surface area contributed by atoms with Crippen LogP contribution in [-0.2, 0) is 25.7 Å². The topological polar surface area (TPSA) is 151 Å². The van der Waals surface area contributed by atoms with Crippen LogP contribution in [0.2, 0.25) is 0 Å². The first-order valence-electron chi connectivity index (χ1n) is 12.0. The van der Waals surface area contributed by atoms with Crippen LogP contribution in [-0.4, -0.2) is 58.6 Å². The summed E-state index contributed by atoms with van der Waals surface area (Å²) in [6.45, 7) is 6.28. The number of alkyl carbamates (subject to hydrolysis) is 1. The average Bonchev–Trinajstić information content (AvgIpc) is 2.82. The normalized spacial score (nSPS) is 12.7. The minimum Gasteiger partial charge on any atom is -0.444 e. The van der Waals surface area contributed by atoms with Crippen LogP contribution in [0.15, 0.2) is 54.6 Å². The standard InChI is InChI=1S/C27H36N4O6/c1-18-10-8-9-13-20(18)23(24(34)29-17-19-11-6-5-7-12-19)31(14-15-32)25(35)21(16-22(28)33)30-26(36)37-27(2,3)4/h5-13,21,23,32H,14-17H2,1-4H3,(H2,28,33)(H,29,34)(H,30,36). The molecule has 0 fully saturated rings. The van der Waals surface area contributed by atoms with Crippen LogP contribution in [0.3, 0.4) is 0 Å². The molecule has 0 spiro atoms. The number of amides is 4. The molecular formula is C27H36N4O6. The second kappa shape index (κ2) is 13.4. The zero-order chi connectivity index (χ0) is 27.6. The molecule has 4 amide bonds. The summed E-state index contributed by atoms with van der Waals surface area (Å²) in [6.07, 6.45) is -1.44. The van der Waals surface area contributed by atoms with E-state index < -0.39 is 54.5 Å². The Labute approximate surface area is 217 Å². The first-order valence-corrected chi connectivity index (χ1v) is 12.0. The Balaban J connectivity index is 2.44. The van der Waals surface area contributed by atoms with E-state index >= 15 is 0 Å². The molecule has 0 aromatic heterocycles. The van der Waals surface area contributed by atoms with Crippen molar-refractivity contribution in [3.05, 3.63) is 71.3 Å². The lowest BCUT2D eigenvalue weighted by Crippen LogP contribution is -2.54. The maximum absolute atomic E-state index is 13.7. The molecule has 0 saturated heterocycles. The molecule has 2 atom stereocenters. The number of hydrogen-bond donors (Lipinski definition) is 4. The molecular weight excluding hydrogens is 476 g/mol. The number of aliphatic hydroxyl groups excluding tert-OH is 1. The second-order valence-electron chi connectivity index (χ2n) is 9.59. The number of hydrogen-bond acceptors (Lipinski definition) is 6. The molecule has 0 bridgehead atoms. The molecule has 0 radical (unpaired) electrons. The van der Waals surface area contributed by atoms with Crippen LogP contribution >= 0.6 is 0 Å². The molecule has 10 nitrogen and oxygen atoms in total. The molecule has 2 unspecified atom stereocenters. The minimum absolute atomic E-state index is 0.212. The number of nitrogens with zero attached hydrogens (tertiary/aromatic N) is 1. The number of benzene rings is 2. The average molecular weight is 513 g/mol. The number of nitrogens with one attached hydrogen (secondary N) is 2. The Kier molecular flexibility index (Phi) is 10.6. The Bertz CT molecular complexity index is 1080. The van der Waals surface area contributed by atoms with Gasteiger partial charge in [0, 0.05) is 13.1 Å². The van der Waals surface area contributed by atoms with Gasteiger partial charge < -0.3 is 31.1 Å². The van der Waals surface area contributed by atoms with Gasteiger partial charge in [-0.3, -0.25) is 14.4 Å². The van der Waals surface area contributed by atoms with Crippen LogP contribution in [0, 0.1) is 6.92 Å². The van der Waals surface area contributed by atoms with Gasteiger partial charge in [0.25, 0.3) is 0 Å². The van der Waals surface area contributed by atoms with E-state index in [1.165, 1.54) is 0 Å². The fraction of sp³-hybridized carbons (Fsp3) is 0.407. The molecule has 0 aliphatic carbocycles. The van der Waals surface area contributed by atoms with Crippen molar-refractivity contribution in [1.29, 1.82) is 0 Å². The number of aliphatic hydroxyl groups is 1. The van der Waals surface area contributed by atoms with Crippen molar-refractivity contribution in [3.8, 4) is 0 Å². The van der Waals surface area contributed by atoms with Gasteiger partial charge in [0.2, 0.25) is 17.7 Å². The smallest absolute Gasteiger partial charge is 0.408 e. The highest BCUT2D eigenvalue weighted by molar-refractivity contribution is 5.94. The molecule has 2 aromatic carbocycles. The highest BCUT2D eigenvalue weighted by Crippen LogP contribution is 2.26. The summed E-state index contributed by atoms with van der Waals surface area (Å²) in [4.78, 5) is 52.6. The lowest BCUT2D eigenvalue weighted by Gasteiger charge is -2.34. The van der Waals surface area contributed by atoms with E-state index in [1.54, 1.807) is 52.0 Å². The van der Waals surface area contributed by atoms with Crippen molar-refractivity contribution in [1.82, 2.24) is 15.5 Å². The number of nitrogens with two attached hydrogens (primary N) is 1. The minimum atomic E-state index is -1.41. The van der Waals surface area contributed by atoms with Gasteiger partial charge in [-0.2, -0.15) is 0 Å². The predicted octanol–water partition coefficient (Wildman–Crippen LogP) is 1.94. The summed E-state index contributed by atoms with van der Waals surface area (Å²) >= 11 is 0. The second-order valence-corrected chi connectivity index (χ2v) is 9.59. The molecule has 5 N–H and O–H groups in total. The molecule has 37 heavy (non-hydrogen) atoms. The summed E-state index contributed by atoms with van der Waals surface area (Å²) in [5.74, 6) is -2.09. The van der Waals surface area contributed by atoms with E-state index in [1.807, 2.05) is 30.3 Å². The van der Waals surface area contributed by atoms with Crippen LogP contribution in [0.1, 0.15) is 49.9 Å². The number of aryl methyl sites for hydroxylation is 1. The van der Waals surface area contributed by atoms with Crippen molar-refractivity contribution >= 4 is 23.8 Å². The molecule has 200 valence electrons. The number of primary amides is 1. The Morgan fingerprint density at radius 2 is 1.65 bits per heavy atom. The molecule has 2 aromatic rings. The summed E-state index contributed by atoms with van der Waals surface area (Å²) in [6, 6.07) is 13.8. The SMILES string of the molecule is Cc1ccccc1C(C(=O)NCc1ccccc1)N(CCO)C(=O)C(CC(N)=O)NC(=O)OC(C)(C)C. The molecule has 0 aliphatic rings. The third-order valence-electron chi connectivity index (χ3n) is 5.37. The summed E-state index contributed by atoms with van der Waals surface area (Å²) < 4.78 is 5.24. The van der Waals surface area contributed by atoms with Gasteiger partial charge in [0.1, 0.15) is 17.7 Å². The summed E-state index contributed by atoms with van der Waals surface area (Å²) in [5.41, 5.74) is 6.64. The summed E-state index contributed by atoms with van der Waals surface area (Å²) in [5, 5.41) is 15.1. The van der Waals surface area contributed by atoms with Gasteiger partial charge in [-0.15, -0.1) is 0 Å². The lowest BCUT2D eigenvalue weighted by atomic mass is 9.97. The van der Waals surface area contributed by atoms with Gasteiger partial charge in [-0.1, -0.05) is 54.6 Å². The van der Waals surface area contributed by atoms with E-state index in [9.17, 15) is 24.3 Å². The quantitative estimate of drug-likeness (QED) is 0.361. The zero-order valence-corrected chi connectivity index (χ0v) is 21.7. The van der Waals surface area contributed by atoms with Crippen molar-refractivity contribution in [3.63, 3.8) is 0 Å². The van der Waals surface area contributed by atoms with Crippen LogP contribution < -0.4 is 16.4 Å². The molecule has 0 heterocycles. The van der Waals surface area contributed by atoms with Crippen LogP contribution in [0.4, 0.5) is 4.79 Å². The lowest BCUT2D eigenvalue weighted by molar-refractivity contribution is -0.144. The Morgan fingerprint density at radius 1 is 1.03 bits per heavy atom. The van der Waals surface area contributed by atoms with Crippen LogP contribution in [0.5, 0.6) is 0 Å². The van der Waals surface area contributed by atoms with Gasteiger partial charge in [-0.25, -0.2) is 4.79 Å². The van der Waals surface area contributed by atoms with Crippen LogP contribution in [0.25, 0.3) is 0 Å². The summed E-state index contributed by atoms with van der Waals surface area (Å²) in [7, 11) is 0. The highest BCUT2D eigenvalue weighted by Gasteiger charge is 2.37. The van der Waals surface area contributed by atoms with Crippen molar-refractivity contribution in [2.24, 2.45) is 5.73 Å². The van der Waals surface area contributed by atoms with E-state index in [0.29, 0.717) is 5.56 Å². The largest absolute Gasteiger partial charge is 0.444 e. The molecule has 2 rings (SSSR count). The van der Waals surface area contributed by atoms with Gasteiger partial charge in [0.05, 0.1) is 13.0 Å². The maximum atomic E-state index is 13.7. The van der Waals surface area contributed by atoms with Gasteiger partial charge >= 0.3 is 6.09 Å². The van der Waals surface area contributed by atoms with Crippen molar-refractivity contribution in [2.75, 3.05) is 13.2 Å². The third-order valence-corrected chi connectivity index (χ3v) is 5.37. The monoisotopic (exact) mass is 512 g/mol. The highest BCUT2D eigenvalue weighted by atomic mass is 16.6. The molecule has 0 saturated carbocycles. The fourth-order valence-electron chi connectivity index (χ4n) is 3.75. The van der Waals surface area contributed by atoms with Gasteiger partial charge in [-0.05, 0) is 44.4 Å². The van der Waals surface area contributed by atoms with E-state index in [-0.39, 0.29) is 13.1 Å². The number of carbonyl (C=O) groups excluding carboxylic acids is 4. The van der Waals surface area contributed by atoms with E-state index in [4.69, 9.17) is 10.5 Å². The molecule has 10 heteroatoms.